The number of nitrogens with zero attached hydrogens (tertiary/aromatic N) is 4. The highest BCUT2D eigenvalue weighted by atomic mass is 35.5. The number of carbonyl (C=O) groups is 1. The first kappa shape index (κ1) is 42.2. The number of hydrogen-bond acceptors (Lipinski definition) is 11. The first-order valence-electron chi connectivity index (χ1n) is 19.8. The van der Waals surface area contributed by atoms with E-state index in [9.17, 15) is 23.3 Å². The molecule has 7 rings (SSSR count). The standard InChI is InChI=1S/C44H48ClN7O5S2/c45-36-14-10-33(11-15-36)41-9-5-4-6-35(41)31-50-26-28-51(29-27-50)38-16-12-34(13-17-38)44(53)48-59(56,57)40-18-19-42(43(30-40)52(54)55)47-37(20-23-49-24-21-46-22-25-49)32-58-39-7-2-1-3-8-39/h1-19,30,37,46-47H,20-29,31-32H2,(H,48,53)/t37-/m1/s1. The van der Waals surface area contributed by atoms with Crippen LogP contribution in [-0.2, 0) is 16.6 Å². The second kappa shape index (κ2) is 19.9. The van der Waals surface area contributed by atoms with Gasteiger partial charge in [-0.05, 0) is 83.8 Å². The molecule has 1 atom stereocenters. The number of nitro benzene ring substituents is 1. The van der Waals surface area contributed by atoms with Crippen molar-refractivity contribution in [2.45, 2.75) is 28.8 Å². The number of anilines is 2. The SMILES string of the molecule is O=C(NS(=O)(=O)c1ccc(N[C@H](CCN2CCNCC2)CSc2ccccc2)c([N+](=O)[O-])c1)c1ccc(N2CCN(Cc3ccccc3-c3ccc(Cl)cc3)CC2)cc1. The molecule has 308 valence electrons. The fourth-order valence-electron chi connectivity index (χ4n) is 7.39. The van der Waals surface area contributed by atoms with E-state index in [0.717, 1.165) is 94.1 Å². The largest absolute Gasteiger partial charge is 0.376 e. The maximum atomic E-state index is 13.4. The van der Waals surface area contributed by atoms with Crippen molar-refractivity contribution in [3.8, 4) is 11.1 Å². The molecule has 3 N–H and O–H groups in total. The van der Waals surface area contributed by atoms with Crippen LogP contribution in [0.5, 0.6) is 0 Å². The number of piperazine rings is 2. The summed E-state index contributed by atoms with van der Waals surface area (Å²) < 4.78 is 29.0. The summed E-state index contributed by atoms with van der Waals surface area (Å²) in [6.07, 6.45) is 0.739. The summed E-state index contributed by atoms with van der Waals surface area (Å²) in [6, 6.07) is 36.6. The first-order chi connectivity index (χ1) is 28.6. The Morgan fingerprint density at radius 1 is 0.831 bits per heavy atom. The van der Waals surface area contributed by atoms with Gasteiger partial charge in [0.05, 0.1) is 9.82 Å². The minimum atomic E-state index is -4.44. The van der Waals surface area contributed by atoms with Crippen molar-refractivity contribution in [1.82, 2.24) is 19.8 Å². The highest BCUT2D eigenvalue weighted by Crippen LogP contribution is 2.31. The highest BCUT2D eigenvalue weighted by Gasteiger charge is 2.26. The van der Waals surface area contributed by atoms with E-state index in [1.54, 1.807) is 23.9 Å². The third kappa shape index (κ3) is 11.4. The molecular formula is C44H48ClN7O5S2. The van der Waals surface area contributed by atoms with Gasteiger partial charge in [-0.15, -0.1) is 11.8 Å². The molecule has 2 saturated heterocycles. The van der Waals surface area contributed by atoms with Gasteiger partial charge in [-0.25, -0.2) is 13.1 Å². The van der Waals surface area contributed by atoms with Crippen LogP contribution in [0.25, 0.3) is 11.1 Å². The minimum absolute atomic E-state index is 0.133. The highest BCUT2D eigenvalue weighted by molar-refractivity contribution is 7.99. The van der Waals surface area contributed by atoms with E-state index >= 15 is 0 Å². The fraction of sp³-hybridized carbons (Fsp3) is 0.295. The van der Waals surface area contributed by atoms with E-state index in [0.29, 0.717) is 10.8 Å². The number of carbonyl (C=O) groups excluding carboxylic acids is 1. The molecule has 15 heteroatoms. The number of nitrogens with one attached hydrogen (secondary N) is 3. The molecule has 59 heavy (non-hydrogen) atoms. The van der Waals surface area contributed by atoms with Crippen LogP contribution in [0, 0.1) is 10.1 Å². The summed E-state index contributed by atoms with van der Waals surface area (Å²) >= 11 is 7.78. The number of rotatable bonds is 16. The van der Waals surface area contributed by atoms with E-state index < -0.39 is 20.9 Å². The molecule has 1 amide bonds. The lowest BCUT2D eigenvalue weighted by Crippen LogP contribution is -2.46. The van der Waals surface area contributed by atoms with Gasteiger partial charge in [0.1, 0.15) is 5.69 Å². The van der Waals surface area contributed by atoms with Gasteiger partial charge in [0.25, 0.3) is 21.6 Å². The van der Waals surface area contributed by atoms with Crippen molar-refractivity contribution in [2.24, 2.45) is 0 Å². The molecule has 0 unspecified atom stereocenters. The zero-order valence-electron chi connectivity index (χ0n) is 32.6. The maximum absolute atomic E-state index is 13.4. The van der Waals surface area contributed by atoms with E-state index in [1.807, 2.05) is 72.8 Å². The van der Waals surface area contributed by atoms with Gasteiger partial charge in [-0.2, -0.15) is 0 Å². The van der Waals surface area contributed by atoms with Gasteiger partial charge >= 0.3 is 0 Å². The lowest BCUT2D eigenvalue weighted by Gasteiger charge is -2.36. The molecule has 2 heterocycles. The summed E-state index contributed by atoms with van der Waals surface area (Å²) in [7, 11) is -4.44. The molecular weight excluding hydrogens is 806 g/mol. The zero-order valence-corrected chi connectivity index (χ0v) is 35.0. The summed E-state index contributed by atoms with van der Waals surface area (Å²) in [4.78, 5) is 32.7. The van der Waals surface area contributed by atoms with E-state index in [-0.39, 0.29) is 27.9 Å². The molecule has 5 aromatic carbocycles. The molecule has 0 radical (unpaired) electrons. The second-order valence-electron chi connectivity index (χ2n) is 14.7. The molecule has 0 aromatic heterocycles. The lowest BCUT2D eigenvalue weighted by atomic mass is 9.99. The molecule has 0 spiro atoms. The average molecular weight is 854 g/mol. The Labute approximate surface area is 355 Å². The quantitative estimate of drug-likeness (QED) is 0.0527. The van der Waals surface area contributed by atoms with Gasteiger partial charge < -0.3 is 20.4 Å². The summed E-state index contributed by atoms with van der Waals surface area (Å²) in [5.74, 6) is -0.171. The molecule has 0 aliphatic carbocycles. The van der Waals surface area contributed by atoms with Crippen LogP contribution in [0.3, 0.4) is 0 Å². The van der Waals surface area contributed by atoms with Crippen LogP contribution in [0.2, 0.25) is 5.02 Å². The Balaban J connectivity index is 0.958. The molecule has 2 aliphatic heterocycles. The smallest absolute Gasteiger partial charge is 0.293 e. The Kier molecular flexibility index (Phi) is 14.2. The van der Waals surface area contributed by atoms with Crippen LogP contribution in [0.15, 0.2) is 131 Å². The molecule has 5 aromatic rings. The van der Waals surface area contributed by atoms with Gasteiger partial charge in [0.15, 0.2) is 0 Å². The predicted octanol–water partition coefficient (Wildman–Crippen LogP) is 7.22. The van der Waals surface area contributed by atoms with E-state index in [2.05, 4.69) is 48.3 Å². The van der Waals surface area contributed by atoms with Gasteiger partial charge in [-0.3, -0.25) is 19.8 Å². The maximum Gasteiger partial charge on any atom is 0.293 e. The van der Waals surface area contributed by atoms with Gasteiger partial charge in [-0.1, -0.05) is 66.2 Å². The fourth-order valence-corrected chi connectivity index (χ4v) is 9.51. The predicted molar refractivity (Wildman–Crippen MR) is 237 cm³/mol. The van der Waals surface area contributed by atoms with Gasteiger partial charge in [0, 0.05) is 104 Å². The Morgan fingerprint density at radius 2 is 1.53 bits per heavy atom. The van der Waals surface area contributed by atoms with Crippen molar-refractivity contribution in [3.05, 3.63) is 148 Å². The number of sulfonamides is 1. The van der Waals surface area contributed by atoms with Crippen molar-refractivity contribution in [1.29, 1.82) is 0 Å². The van der Waals surface area contributed by atoms with Crippen molar-refractivity contribution >= 4 is 56.4 Å². The monoisotopic (exact) mass is 853 g/mol. The van der Waals surface area contributed by atoms with Crippen LogP contribution >= 0.6 is 23.4 Å². The number of thioether (sulfide) groups is 1. The summed E-state index contributed by atoms with van der Waals surface area (Å²) in [6.45, 7) is 8.60. The topological polar surface area (TPSA) is 140 Å². The zero-order chi connectivity index (χ0) is 41.2. The number of halogens is 1. The lowest BCUT2D eigenvalue weighted by molar-refractivity contribution is -0.384. The number of amides is 1. The van der Waals surface area contributed by atoms with Crippen LogP contribution in [-0.4, -0.2) is 99.7 Å². The first-order valence-corrected chi connectivity index (χ1v) is 22.6. The van der Waals surface area contributed by atoms with E-state index in [4.69, 9.17) is 11.6 Å². The Bertz CT molecular complexity index is 2310. The number of benzene rings is 5. The van der Waals surface area contributed by atoms with E-state index in [1.165, 1.54) is 23.3 Å². The average Bonchev–Trinajstić information content (AvgIpc) is 3.26. The Hall–Kier alpha value is -4.96. The third-order valence-corrected chi connectivity index (χ3v) is 13.4. The Morgan fingerprint density at radius 3 is 2.24 bits per heavy atom. The van der Waals surface area contributed by atoms with Gasteiger partial charge in [0.2, 0.25) is 0 Å². The van der Waals surface area contributed by atoms with Crippen LogP contribution < -0.4 is 20.3 Å². The minimum Gasteiger partial charge on any atom is -0.376 e. The molecule has 2 fully saturated rings. The second-order valence-corrected chi connectivity index (χ2v) is 17.9. The van der Waals surface area contributed by atoms with Crippen molar-refractivity contribution in [3.63, 3.8) is 0 Å². The molecule has 2 aliphatic rings. The van der Waals surface area contributed by atoms with Crippen molar-refractivity contribution in [2.75, 3.05) is 74.9 Å². The summed E-state index contributed by atoms with van der Waals surface area (Å²) in [5, 5.41) is 19.7. The normalized spacial score (nSPS) is 15.7. The summed E-state index contributed by atoms with van der Waals surface area (Å²) in [5.41, 5.74) is 4.48. The molecule has 0 saturated carbocycles. The molecule has 0 bridgehead atoms. The van der Waals surface area contributed by atoms with Crippen molar-refractivity contribution < 1.29 is 18.1 Å². The van der Waals surface area contributed by atoms with Crippen LogP contribution in [0.1, 0.15) is 22.3 Å². The van der Waals surface area contributed by atoms with Crippen LogP contribution in [0.4, 0.5) is 17.1 Å². The third-order valence-electron chi connectivity index (χ3n) is 10.7. The molecule has 12 nitrogen and oxygen atoms in total. The number of nitro groups is 1. The number of hydrogen-bond donors (Lipinski definition) is 3.